The van der Waals surface area contributed by atoms with E-state index >= 15 is 0 Å². The zero-order valence-corrected chi connectivity index (χ0v) is 22.9. The van der Waals surface area contributed by atoms with Gasteiger partial charge in [-0.3, -0.25) is 0 Å². The van der Waals surface area contributed by atoms with Crippen LogP contribution in [0.25, 0.3) is 0 Å². The van der Waals surface area contributed by atoms with E-state index in [1.165, 1.54) is 11.1 Å². The van der Waals surface area contributed by atoms with Crippen LogP contribution in [0.3, 0.4) is 0 Å². The summed E-state index contributed by atoms with van der Waals surface area (Å²) in [5.74, 6) is 0.806. The quantitative estimate of drug-likeness (QED) is 0.269. The number of hydrogen-bond acceptors (Lipinski definition) is 2. The Balaban J connectivity index is 0.000000412. The molecule has 174 valence electrons. The van der Waals surface area contributed by atoms with Crippen LogP contribution in [-0.4, -0.2) is 10.2 Å². The SMILES string of the molecule is CC[c-]1cccc1.CC[c-]1cccc1.CCc1ccccc1O.CCc1ccccc1O.[Zr+2]. The third-order valence-electron chi connectivity index (χ3n) is 5.02. The van der Waals surface area contributed by atoms with Crippen molar-refractivity contribution in [2.45, 2.75) is 53.4 Å². The number of phenols is 2. The first kappa shape index (κ1) is 30.6. The van der Waals surface area contributed by atoms with Crippen molar-refractivity contribution in [3.63, 3.8) is 0 Å². The second kappa shape index (κ2) is 19.1. The van der Waals surface area contributed by atoms with E-state index in [2.05, 4.69) is 62.4 Å². The van der Waals surface area contributed by atoms with Crippen LogP contribution in [0.4, 0.5) is 0 Å². The predicted molar refractivity (Wildman–Crippen MR) is 138 cm³/mol. The standard InChI is InChI=1S/2C8H10O.2C7H9.Zr/c2*1-2-7-5-3-4-6-8(7)9;2*1-2-7-5-3-4-6-7;/h2*3-6,9H,2H2,1H3;2*3-6H,2H2,1H3;/q;;2*-1;+2. The molecular formula is C30H38O2Zr. The van der Waals surface area contributed by atoms with Crippen LogP contribution in [0.15, 0.2) is 97.1 Å². The molecule has 0 amide bonds. The van der Waals surface area contributed by atoms with E-state index in [9.17, 15) is 0 Å². The van der Waals surface area contributed by atoms with Gasteiger partial charge in [-0.25, -0.2) is 24.3 Å². The fourth-order valence-electron chi connectivity index (χ4n) is 2.92. The second-order valence-electron chi connectivity index (χ2n) is 7.26. The monoisotopic (exact) mass is 520 g/mol. The van der Waals surface area contributed by atoms with Crippen LogP contribution in [0, 0.1) is 0 Å². The first-order valence-corrected chi connectivity index (χ1v) is 11.5. The minimum Gasteiger partial charge on any atom is -0.508 e. The molecule has 0 saturated carbocycles. The summed E-state index contributed by atoms with van der Waals surface area (Å²) in [7, 11) is 0. The largest absolute Gasteiger partial charge is 2.00 e. The zero-order chi connectivity index (χ0) is 23.6. The van der Waals surface area contributed by atoms with Gasteiger partial charge in [-0.05, 0) is 36.1 Å². The van der Waals surface area contributed by atoms with Gasteiger partial charge >= 0.3 is 26.2 Å². The molecule has 0 aliphatic rings. The molecule has 0 spiro atoms. The van der Waals surface area contributed by atoms with Crippen LogP contribution >= 0.6 is 0 Å². The maximum absolute atomic E-state index is 9.11. The van der Waals surface area contributed by atoms with Gasteiger partial charge in [0.05, 0.1) is 0 Å². The Morgan fingerprint density at radius 3 is 1.00 bits per heavy atom. The van der Waals surface area contributed by atoms with Crippen LogP contribution in [0.1, 0.15) is 49.9 Å². The van der Waals surface area contributed by atoms with Gasteiger partial charge < -0.3 is 10.2 Å². The number of rotatable bonds is 4. The molecule has 0 saturated heterocycles. The van der Waals surface area contributed by atoms with Crippen molar-refractivity contribution in [1.29, 1.82) is 0 Å². The van der Waals surface area contributed by atoms with E-state index in [0.717, 1.165) is 36.8 Å². The summed E-state index contributed by atoms with van der Waals surface area (Å²) < 4.78 is 0. The molecule has 0 aromatic heterocycles. The topological polar surface area (TPSA) is 40.5 Å². The van der Waals surface area contributed by atoms with Gasteiger partial charge in [0.2, 0.25) is 0 Å². The van der Waals surface area contributed by atoms with Gasteiger partial charge in [-0.2, -0.15) is 35.4 Å². The van der Waals surface area contributed by atoms with Crippen molar-refractivity contribution in [2.24, 2.45) is 0 Å². The normalized spacial score (nSPS) is 9.09. The second-order valence-corrected chi connectivity index (χ2v) is 7.26. The summed E-state index contributed by atoms with van der Waals surface area (Å²) in [6, 6.07) is 31.6. The van der Waals surface area contributed by atoms with E-state index < -0.39 is 0 Å². The molecule has 0 atom stereocenters. The molecule has 3 heteroatoms. The van der Waals surface area contributed by atoms with E-state index in [1.807, 2.05) is 50.2 Å². The summed E-state index contributed by atoms with van der Waals surface area (Å²) in [5, 5.41) is 18.2. The number of hydrogen-bond donors (Lipinski definition) is 2. The summed E-state index contributed by atoms with van der Waals surface area (Å²) in [4.78, 5) is 0. The Morgan fingerprint density at radius 1 is 0.515 bits per heavy atom. The third-order valence-corrected chi connectivity index (χ3v) is 5.02. The summed E-state index contributed by atoms with van der Waals surface area (Å²) in [6.07, 6.45) is 4.11. The summed E-state index contributed by atoms with van der Waals surface area (Å²) in [5.41, 5.74) is 4.88. The van der Waals surface area contributed by atoms with Crippen molar-refractivity contribution in [3.05, 3.63) is 119 Å². The van der Waals surface area contributed by atoms with E-state index in [4.69, 9.17) is 10.2 Å². The molecule has 0 heterocycles. The minimum atomic E-state index is 0. The van der Waals surface area contributed by atoms with Crippen LogP contribution in [-0.2, 0) is 51.9 Å². The predicted octanol–water partition coefficient (Wildman–Crippen LogP) is 7.84. The fraction of sp³-hybridized carbons (Fsp3) is 0.267. The number of para-hydroxylation sites is 2. The Morgan fingerprint density at radius 2 is 0.818 bits per heavy atom. The van der Waals surface area contributed by atoms with Crippen LogP contribution < -0.4 is 0 Å². The summed E-state index contributed by atoms with van der Waals surface area (Å²) in [6.45, 7) is 8.37. The van der Waals surface area contributed by atoms with Gasteiger partial charge in [-0.15, -0.1) is 0 Å². The van der Waals surface area contributed by atoms with Gasteiger partial charge in [0.1, 0.15) is 11.5 Å². The van der Waals surface area contributed by atoms with Crippen molar-refractivity contribution in [3.8, 4) is 11.5 Å². The molecule has 0 unspecified atom stereocenters. The molecule has 0 aliphatic carbocycles. The fourth-order valence-corrected chi connectivity index (χ4v) is 2.92. The minimum absolute atomic E-state index is 0. The van der Waals surface area contributed by atoms with Crippen molar-refractivity contribution < 1.29 is 36.4 Å². The first-order valence-electron chi connectivity index (χ1n) is 11.5. The van der Waals surface area contributed by atoms with Gasteiger partial charge in [0.15, 0.2) is 0 Å². The molecule has 0 radical (unpaired) electrons. The molecule has 2 N–H and O–H groups in total. The molecular weight excluding hydrogens is 484 g/mol. The Bertz CT molecular complexity index is 861. The molecule has 0 fully saturated rings. The van der Waals surface area contributed by atoms with Crippen LogP contribution in [0.2, 0.25) is 0 Å². The van der Waals surface area contributed by atoms with Gasteiger partial charge in [0.25, 0.3) is 0 Å². The van der Waals surface area contributed by atoms with Crippen molar-refractivity contribution >= 4 is 0 Å². The van der Waals surface area contributed by atoms with Crippen molar-refractivity contribution in [1.82, 2.24) is 0 Å². The Hall–Kier alpha value is -2.38. The van der Waals surface area contributed by atoms with E-state index in [-0.39, 0.29) is 26.2 Å². The molecule has 0 bridgehead atoms. The molecule has 33 heavy (non-hydrogen) atoms. The van der Waals surface area contributed by atoms with E-state index in [0.29, 0.717) is 11.5 Å². The zero-order valence-electron chi connectivity index (χ0n) is 20.5. The average molecular weight is 522 g/mol. The third kappa shape index (κ3) is 13.0. The summed E-state index contributed by atoms with van der Waals surface area (Å²) >= 11 is 0. The number of benzene rings is 2. The van der Waals surface area contributed by atoms with Crippen LogP contribution in [0.5, 0.6) is 11.5 Å². The molecule has 4 aromatic carbocycles. The molecule has 4 aromatic rings. The van der Waals surface area contributed by atoms with Gasteiger partial charge in [-0.1, -0.05) is 76.9 Å². The average Bonchev–Trinajstić information content (AvgIpc) is 3.55. The van der Waals surface area contributed by atoms with Crippen molar-refractivity contribution in [2.75, 3.05) is 0 Å². The molecule has 4 rings (SSSR count). The smallest absolute Gasteiger partial charge is 0.508 e. The Labute approximate surface area is 219 Å². The van der Waals surface area contributed by atoms with E-state index in [1.54, 1.807) is 12.1 Å². The van der Waals surface area contributed by atoms with Gasteiger partial charge in [0, 0.05) is 0 Å². The maximum atomic E-state index is 9.11. The number of aryl methyl sites for hydroxylation is 4. The number of phenolic OH excluding ortho intramolecular Hbond substituents is 2. The first-order chi connectivity index (χ1) is 15.5. The molecule has 2 nitrogen and oxygen atoms in total. The number of aromatic hydroxyl groups is 2. The Kier molecular flexibility index (Phi) is 17.7. The molecule has 0 aliphatic heterocycles. The maximum Gasteiger partial charge on any atom is 2.00 e.